The lowest BCUT2D eigenvalue weighted by atomic mass is 9.64. The van der Waals surface area contributed by atoms with Crippen LogP contribution in [0.3, 0.4) is 0 Å². The fraction of sp³-hybridized carbons (Fsp3) is 0.765. The largest absolute Gasteiger partial charge is 0.378 e. The molecule has 1 saturated heterocycles. The van der Waals surface area contributed by atoms with E-state index < -0.39 is 0 Å². The summed E-state index contributed by atoms with van der Waals surface area (Å²) < 4.78 is 10.6. The first-order valence-corrected chi connectivity index (χ1v) is 8.79. The van der Waals surface area contributed by atoms with Crippen molar-refractivity contribution in [2.45, 2.75) is 45.9 Å². The van der Waals surface area contributed by atoms with Crippen molar-refractivity contribution in [3.63, 3.8) is 0 Å². The minimum absolute atomic E-state index is 0.000441. The van der Waals surface area contributed by atoms with Gasteiger partial charge in [-0.1, -0.05) is 19.0 Å². The van der Waals surface area contributed by atoms with Crippen LogP contribution >= 0.6 is 0 Å². The van der Waals surface area contributed by atoms with Gasteiger partial charge in [-0.05, 0) is 13.3 Å². The van der Waals surface area contributed by atoms with Crippen LogP contribution in [-0.2, 0) is 11.3 Å². The molecule has 0 aromatic carbocycles. The van der Waals surface area contributed by atoms with E-state index in [1.54, 1.807) is 6.26 Å². The SMILES string of the molecule is CCOC1CC(NC(=O)N2CCN(Cc3ccon3)CC2)C1(C)C. The van der Waals surface area contributed by atoms with Gasteiger partial charge in [0.25, 0.3) is 0 Å². The van der Waals surface area contributed by atoms with E-state index >= 15 is 0 Å². The zero-order valence-electron chi connectivity index (χ0n) is 14.8. The maximum absolute atomic E-state index is 12.5. The summed E-state index contributed by atoms with van der Waals surface area (Å²) in [6, 6.07) is 2.12. The molecule has 2 unspecified atom stereocenters. The molecule has 1 N–H and O–H groups in total. The second-order valence-corrected chi connectivity index (χ2v) is 7.26. The molecule has 2 atom stereocenters. The van der Waals surface area contributed by atoms with Gasteiger partial charge in [-0.2, -0.15) is 0 Å². The van der Waals surface area contributed by atoms with Crippen LogP contribution in [-0.4, -0.2) is 65.9 Å². The Morgan fingerprint density at radius 2 is 2.17 bits per heavy atom. The van der Waals surface area contributed by atoms with Crippen molar-refractivity contribution in [2.75, 3.05) is 32.8 Å². The van der Waals surface area contributed by atoms with Crippen molar-refractivity contribution in [1.82, 2.24) is 20.3 Å². The number of piperazine rings is 1. The van der Waals surface area contributed by atoms with Crippen LogP contribution in [0.2, 0.25) is 0 Å². The molecule has 1 aliphatic carbocycles. The highest BCUT2D eigenvalue weighted by molar-refractivity contribution is 5.75. The summed E-state index contributed by atoms with van der Waals surface area (Å²) in [5, 5.41) is 7.13. The fourth-order valence-corrected chi connectivity index (χ4v) is 3.51. The van der Waals surface area contributed by atoms with Gasteiger partial charge in [0.1, 0.15) is 6.26 Å². The molecule has 3 rings (SSSR count). The van der Waals surface area contributed by atoms with Crippen LogP contribution in [0.25, 0.3) is 0 Å². The van der Waals surface area contributed by atoms with Gasteiger partial charge in [0.15, 0.2) is 0 Å². The molecule has 1 saturated carbocycles. The summed E-state index contributed by atoms with van der Waals surface area (Å²) in [7, 11) is 0. The van der Waals surface area contributed by atoms with Crippen molar-refractivity contribution >= 4 is 6.03 Å². The van der Waals surface area contributed by atoms with E-state index in [0.29, 0.717) is 0 Å². The first-order valence-electron chi connectivity index (χ1n) is 8.79. The van der Waals surface area contributed by atoms with Gasteiger partial charge >= 0.3 is 6.03 Å². The molecule has 1 aromatic heterocycles. The number of ether oxygens (including phenoxy) is 1. The summed E-state index contributed by atoms with van der Waals surface area (Å²) in [5.74, 6) is 0. The average Bonchev–Trinajstić information content (AvgIpc) is 3.07. The first-order chi connectivity index (χ1) is 11.5. The third kappa shape index (κ3) is 3.57. The smallest absolute Gasteiger partial charge is 0.317 e. The van der Waals surface area contributed by atoms with Crippen molar-refractivity contribution in [3.05, 3.63) is 18.0 Å². The molecule has 134 valence electrons. The van der Waals surface area contributed by atoms with Crippen LogP contribution in [0.5, 0.6) is 0 Å². The van der Waals surface area contributed by atoms with E-state index in [1.165, 1.54) is 0 Å². The number of nitrogens with zero attached hydrogens (tertiary/aromatic N) is 3. The number of aromatic nitrogens is 1. The van der Waals surface area contributed by atoms with Crippen LogP contribution in [0.15, 0.2) is 16.9 Å². The van der Waals surface area contributed by atoms with E-state index in [0.717, 1.165) is 51.4 Å². The van der Waals surface area contributed by atoms with Crippen LogP contribution in [0.1, 0.15) is 32.9 Å². The first kappa shape index (κ1) is 17.2. The van der Waals surface area contributed by atoms with E-state index in [2.05, 4.69) is 29.2 Å². The van der Waals surface area contributed by atoms with Crippen LogP contribution in [0, 0.1) is 5.41 Å². The van der Waals surface area contributed by atoms with Crippen molar-refractivity contribution in [3.8, 4) is 0 Å². The Labute approximate surface area is 143 Å². The topological polar surface area (TPSA) is 70.8 Å². The van der Waals surface area contributed by atoms with Gasteiger partial charge in [0.05, 0.1) is 11.8 Å². The van der Waals surface area contributed by atoms with Crippen molar-refractivity contribution < 1.29 is 14.1 Å². The number of carbonyl (C=O) groups excluding carboxylic acids is 1. The van der Waals surface area contributed by atoms with Gasteiger partial charge in [0.2, 0.25) is 0 Å². The third-order valence-electron chi connectivity index (χ3n) is 5.38. The summed E-state index contributed by atoms with van der Waals surface area (Å²) >= 11 is 0. The summed E-state index contributed by atoms with van der Waals surface area (Å²) in [5.41, 5.74) is 0.937. The van der Waals surface area contributed by atoms with Gasteiger partial charge in [-0.25, -0.2) is 4.79 Å². The number of rotatable bonds is 5. The quantitative estimate of drug-likeness (QED) is 0.886. The molecule has 0 bridgehead atoms. The van der Waals surface area contributed by atoms with Crippen molar-refractivity contribution in [1.29, 1.82) is 0 Å². The normalized spacial score (nSPS) is 26.9. The number of nitrogens with one attached hydrogen (secondary N) is 1. The summed E-state index contributed by atoms with van der Waals surface area (Å²) in [6.07, 6.45) is 2.74. The van der Waals surface area contributed by atoms with Gasteiger partial charge < -0.3 is 19.5 Å². The molecule has 1 aliphatic heterocycles. The molecule has 2 aliphatic rings. The second kappa shape index (κ2) is 7.11. The Morgan fingerprint density at radius 1 is 1.42 bits per heavy atom. The Balaban J connectivity index is 1.43. The van der Waals surface area contributed by atoms with Crippen molar-refractivity contribution in [2.24, 2.45) is 5.41 Å². The molecule has 0 radical (unpaired) electrons. The molecule has 7 heteroatoms. The maximum Gasteiger partial charge on any atom is 0.317 e. The highest BCUT2D eigenvalue weighted by atomic mass is 16.5. The fourth-order valence-electron chi connectivity index (χ4n) is 3.51. The van der Waals surface area contributed by atoms with Gasteiger partial charge in [-0.15, -0.1) is 0 Å². The van der Waals surface area contributed by atoms with E-state index in [1.807, 2.05) is 17.9 Å². The Hall–Kier alpha value is -1.60. The van der Waals surface area contributed by atoms with E-state index in [-0.39, 0.29) is 23.6 Å². The molecule has 2 amide bonds. The minimum atomic E-state index is 0.000441. The highest BCUT2D eigenvalue weighted by Gasteiger charge is 2.49. The zero-order chi connectivity index (χ0) is 17.2. The van der Waals surface area contributed by atoms with Gasteiger partial charge in [-0.3, -0.25) is 4.90 Å². The molecule has 7 nitrogen and oxygen atoms in total. The third-order valence-corrected chi connectivity index (χ3v) is 5.38. The van der Waals surface area contributed by atoms with Gasteiger partial charge in [0, 0.05) is 56.9 Å². The van der Waals surface area contributed by atoms with Crippen LogP contribution in [0.4, 0.5) is 4.79 Å². The number of hydrogen-bond donors (Lipinski definition) is 1. The Bertz CT molecular complexity index is 538. The predicted molar refractivity (Wildman–Crippen MR) is 89.5 cm³/mol. The molecular weight excluding hydrogens is 308 g/mol. The molecule has 0 spiro atoms. The molecule has 2 heterocycles. The zero-order valence-corrected chi connectivity index (χ0v) is 14.8. The van der Waals surface area contributed by atoms with Crippen LogP contribution < -0.4 is 5.32 Å². The molecule has 1 aromatic rings. The lowest BCUT2D eigenvalue weighted by Gasteiger charge is -2.52. The minimum Gasteiger partial charge on any atom is -0.378 e. The Kier molecular flexibility index (Phi) is 5.10. The molecular formula is C17H28N4O3. The predicted octanol–water partition coefficient (Wildman–Crippen LogP) is 1.71. The van der Waals surface area contributed by atoms with E-state index in [4.69, 9.17) is 9.26 Å². The Morgan fingerprint density at radius 3 is 2.75 bits per heavy atom. The summed E-state index contributed by atoms with van der Waals surface area (Å²) in [4.78, 5) is 16.7. The number of carbonyl (C=O) groups is 1. The molecule has 24 heavy (non-hydrogen) atoms. The monoisotopic (exact) mass is 336 g/mol. The standard InChI is InChI=1S/C17H28N4O3/c1-4-23-15-11-14(17(15,2)3)18-16(22)21-8-6-20(7-9-21)12-13-5-10-24-19-13/h5,10,14-15H,4,6-9,11-12H2,1-3H3,(H,18,22). The average molecular weight is 336 g/mol. The molecule has 2 fully saturated rings. The lowest BCUT2D eigenvalue weighted by molar-refractivity contribution is -0.111. The number of hydrogen-bond acceptors (Lipinski definition) is 5. The number of amides is 2. The van der Waals surface area contributed by atoms with E-state index in [9.17, 15) is 4.79 Å². The second-order valence-electron chi connectivity index (χ2n) is 7.26. The number of urea groups is 1. The lowest BCUT2D eigenvalue weighted by Crippen LogP contribution is -2.64. The summed E-state index contributed by atoms with van der Waals surface area (Å²) in [6.45, 7) is 11.0. The highest BCUT2D eigenvalue weighted by Crippen LogP contribution is 2.42. The maximum atomic E-state index is 12.5.